The standard InChI is InChI=1S/C20H25NO4S/c1-16(2)25-18-8-10-20(11-9-18)26(22,23)21-12-13-24-19(15-21)14-17-6-4-3-5-7-17/h3-11,16,19H,12-15H2,1-2H3. The van der Waals surface area contributed by atoms with Gasteiger partial charge in [-0.3, -0.25) is 0 Å². The average Bonchev–Trinajstić information content (AvgIpc) is 2.63. The Labute approximate surface area is 155 Å². The van der Waals surface area contributed by atoms with Crippen molar-refractivity contribution in [2.24, 2.45) is 0 Å². The van der Waals surface area contributed by atoms with Gasteiger partial charge in [0.1, 0.15) is 5.75 Å². The first-order valence-electron chi connectivity index (χ1n) is 8.87. The van der Waals surface area contributed by atoms with Gasteiger partial charge in [-0.05, 0) is 50.1 Å². The summed E-state index contributed by atoms with van der Waals surface area (Å²) in [4.78, 5) is 0.286. The lowest BCUT2D eigenvalue weighted by molar-refractivity contribution is -0.000496. The number of sulfonamides is 1. The number of nitrogens with zero attached hydrogens (tertiary/aromatic N) is 1. The van der Waals surface area contributed by atoms with Crippen molar-refractivity contribution in [3.8, 4) is 5.75 Å². The van der Waals surface area contributed by atoms with Crippen LogP contribution in [-0.2, 0) is 21.2 Å². The van der Waals surface area contributed by atoms with Gasteiger partial charge < -0.3 is 9.47 Å². The largest absolute Gasteiger partial charge is 0.491 e. The van der Waals surface area contributed by atoms with Crippen LogP contribution in [-0.4, -0.2) is 44.6 Å². The smallest absolute Gasteiger partial charge is 0.243 e. The third-order valence-electron chi connectivity index (χ3n) is 4.24. The molecule has 1 heterocycles. The van der Waals surface area contributed by atoms with Crippen molar-refractivity contribution in [1.82, 2.24) is 4.31 Å². The highest BCUT2D eigenvalue weighted by molar-refractivity contribution is 7.89. The number of ether oxygens (including phenoxy) is 2. The summed E-state index contributed by atoms with van der Waals surface area (Å²) >= 11 is 0. The minimum absolute atomic E-state index is 0.0513. The van der Waals surface area contributed by atoms with Crippen LogP contribution in [0.1, 0.15) is 19.4 Å². The van der Waals surface area contributed by atoms with E-state index in [1.165, 1.54) is 4.31 Å². The van der Waals surface area contributed by atoms with Crippen LogP contribution in [0.5, 0.6) is 5.75 Å². The van der Waals surface area contributed by atoms with E-state index >= 15 is 0 Å². The summed E-state index contributed by atoms with van der Waals surface area (Å²) in [6.07, 6.45) is 0.619. The highest BCUT2D eigenvalue weighted by atomic mass is 32.2. The summed E-state index contributed by atoms with van der Waals surface area (Å²) in [5.74, 6) is 0.669. The molecule has 1 atom stereocenters. The van der Waals surface area contributed by atoms with E-state index in [2.05, 4.69) is 0 Å². The van der Waals surface area contributed by atoms with E-state index in [1.807, 2.05) is 44.2 Å². The quantitative estimate of drug-likeness (QED) is 0.778. The molecule has 1 saturated heterocycles. The second-order valence-electron chi connectivity index (χ2n) is 6.68. The molecule has 1 fully saturated rings. The van der Waals surface area contributed by atoms with E-state index in [9.17, 15) is 8.42 Å². The first kappa shape index (κ1) is 18.9. The lowest BCUT2D eigenvalue weighted by Crippen LogP contribution is -2.46. The molecule has 0 aliphatic carbocycles. The van der Waals surface area contributed by atoms with Gasteiger partial charge in [-0.15, -0.1) is 0 Å². The summed E-state index contributed by atoms with van der Waals surface area (Å²) in [7, 11) is -3.53. The molecule has 3 rings (SSSR count). The maximum absolute atomic E-state index is 12.9. The SMILES string of the molecule is CC(C)Oc1ccc(S(=O)(=O)N2CCOC(Cc3ccccc3)C2)cc1. The fraction of sp³-hybridized carbons (Fsp3) is 0.400. The minimum atomic E-state index is -3.53. The first-order valence-corrected chi connectivity index (χ1v) is 10.3. The third kappa shape index (κ3) is 4.63. The molecule has 0 N–H and O–H groups in total. The summed E-state index contributed by atoms with van der Waals surface area (Å²) in [6.45, 7) is 5.02. The summed E-state index contributed by atoms with van der Waals surface area (Å²) in [6, 6.07) is 16.6. The van der Waals surface area contributed by atoms with E-state index < -0.39 is 10.0 Å². The number of rotatable bonds is 6. The molecule has 26 heavy (non-hydrogen) atoms. The number of hydrogen-bond donors (Lipinski definition) is 0. The Bertz CT molecular complexity index is 803. The molecule has 0 saturated carbocycles. The molecule has 1 aliphatic rings. The fourth-order valence-electron chi connectivity index (χ4n) is 3.02. The monoisotopic (exact) mass is 375 g/mol. The molecule has 6 heteroatoms. The van der Waals surface area contributed by atoms with Crippen molar-refractivity contribution in [2.45, 2.75) is 37.4 Å². The Kier molecular flexibility index (Phi) is 5.96. The normalized spacial score (nSPS) is 18.8. The van der Waals surface area contributed by atoms with Crippen LogP contribution in [0, 0.1) is 0 Å². The van der Waals surface area contributed by atoms with Gasteiger partial charge in [0.25, 0.3) is 0 Å². The Morgan fingerprint density at radius 2 is 1.81 bits per heavy atom. The zero-order chi connectivity index (χ0) is 18.6. The highest BCUT2D eigenvalue weighted by Gasteiger charge is 2.30. The zero-order valence-electron chi connectivity index (χ0n) is 15.2. The van der Waals surface area contributed by atoms with Crippen LogP contribution in [0.15, 0.2) is 59.5 Å². The zero-order valence-corrected chi connectivity index (χ0v) is 16.0. The molecule has 2 aromatic rings. The summed E-state index contributed by atoms with van der Waals surface area (Å²) in [5.41, 5.74) is 1.15. The van der Waals surface area contributed by atoms with Crippen LogP contribution in [0.3, 0.4) is 0 Å². The van der Waals surface area contributed by atoms with Crippen LogP contribution < -0.4 is 4.74 Å². The maximum atomic E-state index is 12.9. The van der Waals surface area contributed by atoms with E-state index in [0.29, 0.717) is 31.9 Å². The van der Waals surface area contributed by atoms with E-state index in [-0.39, 0.29) is 17.1 Å². The molecule has 0 spiro atoms. The van der Waals surface area contributed by atoms with Crippen molar-refractivity contribution in [3.63, 3.8) is 0 Å². The van der Waals surface area contributed by atoms with Crippen molar-refractivity contribution in [1.29, 1.82) is 0 Å². The second-order valence-corrected chi connectivity index (χ2v) is 8.62. The summed E-state index contributed by atoms with van der Waals surface area (Å²) < 4.78 is 38.8. The highest BCUT2D eigenvalue weighted by Crippen LogP contribution is 2.23. The van der Waals surface area contributed by atoms with Gasteiger partial charge in [0.05, 0.1) is 23.7 Å². The van der Waals surface area contributed by atoms with Crippen LogP contribution in [0.4, 0.5) is 0 Å². The maximum Gasteiger partial charge on any atom is 0.243 e. The van der Waals surface area contributed by atoms with Crippen LogP contribution in [0.25, 0.3) is 0 Å². The van der Waals surface area contributed by atoms with Gasteiger partial charge >= 0.3 is 0 Å². The molecule has 1 unspecified atom stereocenters. The van der Waals surface area contributed by atoms with E-state index in [4.69, 9.17) is 9.47 Å². The van der Waals surface area contributed by atoms with Crippen LogP contribution in [0.2, 0.25) is 0 Å². The third-order valence-corrected chi connectivity index (χ3v) is 6.12. The van der Waals surface area contributed by atoms with Crippen molar-refractivity contribution < 1.29 is 17.9 Å². The number of hydrogen-bond acceptors (Lipinski definition) is 4. The molecular weight excluding hydrogens is 350 g/mol. The van der Waals surface area contributed by atoms with Gasteiger partial charge in [0, 0.05) is 13.1 Å². The van der Waals surface area contributed by atoms with Gasteiger partial charge in [-0.2, -0.15) is 4.31 Å². The lowest BCUT2D eigenvalue weighted by Gasteiger charge is -2.32. The Morgan fingerprint density at radius 3 is 2.46 bits per heavy atom. The average molecular weight is 375 g/mol. The molecule has 5 nitrogen and oxygen atoms in total. The Morgan fingerprint density at radius 1 is 1.12 bits per heavy atom. The van der Waals surface area contributed by atoms with Crippen molar-refractivity contribution in [3.05, 3.63) is 60.2 Å². The number of benzene rings is 2. The molecule has 0 aromatic heterocycles. The van der Waals surface area contributed by atoms with Gasteiger partial charge in [0.15, 0.2) is 0 Å². The lowest BCUT2D eigenvalue weighted by atomic mass is 10.1. The Hall–Kier alpha value is -1.89. The van der Waals surface area contributed by atoms with Crippen molar-refractivity contribution >= 4 is 10.0 Å². The topological polar surface area (TPSA) is 55.8 Å². The minimum Gasteiger partial charge on any atom is -0.491 e. The van der Waals surface area contributed by atoms with E-state index in [1.54, 1.807) is 24.3 Å². The molecule has 0 bridgehead atoms. The summed E-state index contributed by atoms with van der Waals surface area (Å²) in [5, 5.41) is 0. The predicted molar refractivity (Wildman–Crippen MR) is 101 cm³/mol. The first-order chi connectivity index (χ1) is 12.4. The molecule has 1 aliphatic heterocycles. The fourth-order valence-corrected chi connectivity index (χ4v) is 4.48. The molecular formula is C20H25NO4S. The van der Waals surface area contributed by atoms with Crippen LogP contribution >= 0.6 is 0 Å². The molecule has 0 amide bonds. The predicted octanol–water partition coefficient (Wildman–Crippen LogP) is 3.11. The van der Waals surface area contributed by atoms with Gasteiger partial charge in [-0.25, -0.2) is 8.42 Å². The van der Waals surface area contributed by atoms with Crippen molar-refractivity contribution in [2.75, 3.05) is 19.7 Å². The Balaban J connectivity index is 1.70. The molecule has 2 aromatic carbocycles. The van der Waals surface area contributed by atoms with E-state index in [0.717, 1.165) is 5.56 Å². The van der Waals surface area contributed by atoms with Gasteiger partial charge in [0.2, 0.25) is 10.0 Å². The molecule has 0 radical (unpaired) electrons. The second kappa shape index (κ2) is 8.20. The number of morpholine rings is 1. The van der Waals surface area contributed by atoms with Gasteiger partial charge in [-0.1, -0.05) is 30.3 Å². The molecule has 140 valence electrons.